The van der Waals surface area contributed by atoms with Crippen LogP contribution in [0.3, 0.4) is 0 Å². The Balaban J connectivity index is 1.93. The predicted molar refractivity (Wildman–Crippen MR) is 108 cm³/mol. The molecule has 0 aliphatic heterocycles. The Hall–Kier alpha value is -2.00. The summed E-state index contributed by atoms with van der Waals surface area (Å²) in [7, 11) is -0.552. The van der Waals surface area contributed by atoms with E-state index in [1.165, 1.54) is 14.1 Å². The lowest BCUT2D eigenvalue weighted by Gasteiger charge is -2.28. The maximum absolute atomic E-state index is 11.9. The first-order chi connectivity index (χ1) is 12.6. The van der Waals surface area contributed by atoms with E-state index < -0.39 is 16.3 Å². The van der Waals surface area contributed by atoms with Crippen LogP contribution in [0.5, 0.6) is 0 Å². The monoisotopic (exact) mass is 392 g/mol. The Bertz CT molecular complexity index is 822. The maximum Gasteiger partial charge on any atom is 0.301 e. The highest BCUT2D eigenvalue weighted by Gasteiger charge is 2.20. The number of aliphatic hydroxyl groups excluding tert-OH is 1. The molecule has 27 heavy (non-hydrogen) atoms. The van der Waals surface area contributed by atoms with Crippen LogP contribution < -0.4 is 10.0 Å². The molecule has 0 radical (unpaired) electrons. The van der Waals surface area contributed by atoms with E-state index in [0.717, 1.165) is 21.9 Å². The van der Waals surface area contributed by atoms with Gasteiger partial charge in [0.1, 0.15) is 0 Å². The van der Waals surface area contributed by atoms with Crippen molar-refractivity contribution in [2.24, 2.45) is 0 Å². The van der Waals surface area contributed by atoms with Crippen molar-refractivity contribution in [2.45, 2.75) is 31.9 Å². The normalized spacial score (nSPS) is 13.6. The summed E-state index contributed by atoms with van der Waals surface area (Å²) in [5.41, 5.74) is 2.12. The van der Waals surface area contributed by atoms with E-state index >= 15 is 0 Å². The summed E-state index contributed by atoms with van der Waals surface area (Å²) in [6, 6.07) is 10.9. The van der Waals surface area contributed by atoms with Crippen LogP contribution in [0, 0.1) is 0 Å². The van der Waals surface area contributed by atoms with Crippen molar-refractivity contribution in [1.29, 1.82) is 0 Å². The van der Waals surface area contributed by atoms with Crippen LogP contribution in [0.2, 0.25) is 0 Å². The molecule has 1 heterocycles. The van der Waals surface area contributed by atoms with Gasteiger partial charge in [-0.25, -0.2) is 0 Å². The van der Waals surface area contributed by atoms with E-state index in [9.17, 15) is 13.5 Å². The van der Waals surface area contributed by atoms with Crippen LogP contribution in [-0.2, 0) is 16.6 Å². The van der Waals surface area contributed by atoms with Gasteiger partial charge in [-0.05, 0) is 44.0 Å². The Morgan fingerprint density at radius 1 is 1.19 bits per heavy atom. The molecule has 0 saturated heterocycles. The number of β-amino-alcohol motifs (C(OH)–C–C–N with tert-alkyl or cyclic N) is 1. The van der Waals surface area contributed by atoms with E-state index in [1.807, 2.05) is 18.2 Å². The molecular formula is C19H28N4O3S. The number of hydrogen-bond acceptors (Lipinski definition) is 5. The molecule has 0 unspecified atom stereocenters. The highest BCUT2D eigenvalue weighted by atomic mass is 32.2. The van der Waals surface area contributed by atoms with Crippen molar-refractivity contribution in [3.8, 4) is 0 Å². The van der Waals surface area contributed by atoms with Crippen LogP contribution >= 0.6 is 0 Å². The predicted octanol–water partition coefficient (Wildman–Crippen LogP) is 1.94. The molecule has 0 bridgehead atoms. The number of nitrogens with zero attached hydrogens (tertiary/aromatic N) is 2. The maximum atomic E-state index is 11.9. The van der Waals surface area contributed by atoms with E-state index in [-0.39, 0.29) is 5.54 Å². The average Bonchev–Trinajstić information content (AvgIpc) is 2.61. The number of benzene rings is 1. The minimum atomic E-state index is -3.51. The Labute approximate surface area is 161 Å². The van der Waals surface area contributed by atoms with Gasteiger partial charge in [-0.2, -0.15) is 12.7 Å². The third kappa shape index (κ3) is 6.59. The van der Waals surface area contributed by atoms with Gasteiger partial charge in [0.25, 0.3) is 0 Å². The largest absolute Gasteiger partial charge is 0.387 e. The molecule has 8 heteroatoms. The molecular weight excluding hydrogens is 364 g/mol. The first-order valence-electron chi connectivity index (χ1n) is 8.71. The van der Waals surface area contributed by atoms with Crippen LogP contribution in [-0.4, -0.2) is 49.0 Å². The summed E-state index contributed by atoms with van der Waals surface area (Å²) in [5, 5.41) is 13.6. The third-order valence-corrected chi connectivity index (χ3v) is 5.63. The summed E-state index contributed by atoms with van der Waals surface area (Å²) in [4.78, 5) is 4.02. The molecule has 0 fully saturated rings. The van der Waals surface area contributed by atoms with Crippen molar-refractivity contribution in [3.63, 3.8) is 0 Å². The van der Waals surface area contributed by atoms with Crippen molar-refractivity contribution in [1.82, 2.24) is 14.6 Å². The Morgan fingerprint density at radius 3 is 2.41 bits per heavy atom. The minimum Gasteiger partial charge on any atom is -0.387 e. The van der Waals surface area contributed by atoms with Crippen LogP contribution in [0.4, 0.5) is 5.69 Å². The lowest BCUT2D eigenvalue weighted by molar-refractivity contribution is 0.160. The summed E-state index contributed by atoms with van der Waals surface area (Å²) < 4.78 is 27.3. The Kier molecular flexibility index (Phi) is 6.94. The minimum absolute atomic E-state index is 0.242. The van der Waals surface area contributed by atoms with E-state index in [0.29, 0.717) is 12.2 Å². The van der Waals surface area contributed by atoms with Gasteiger partial charge in [0, 0.05) is 49.8 Å². The fourth-order valence-electron chi connectivity index (χ4n) is 2.57. The second kappa shape index (κ2) is 8.79. The van der Waals surface area contributed by atoms with Crippen LogP contribution in [0.1, 0.15) is 31.1 Å². The topological polar surface area (TPSA) is 94.6 Å². The molecule has 7 nitrogen and oxygen atoms in total. The molecule has 1 atom stereocenters. The molecule has 148 valence electrons. The first-order valence-corrected chi connectivity index (χ1v) is 10.2. The number of nitrogens with one attached hydrogen (secondary N) is 2. The van der Waals surface area contributed by atoms with Gasteiger partial charge in [-0.15, -0.1) is 0 Å². The highest BCUT2D eigenvalue weighted by Crippen LogP contribution is 2.18. The SMILES string of the molecule is CN(C)S(=O)(=O)Nc1ccc(CC(C)(C)NC[C@H](O)c2cccnc2)cc1. The fraction of sp³-hybridized carbons (Fsp3) is 0.421. The van der Waals surface area contributed by atoms with Crippen molar-refractivity contribution < 1.29 is 13.5 Å². The fourth-order valence-corrected chi connectivity index (χ4v) is 3.18. The summed E-state index contributed by atoms with van der Waals surface area (Å²) in [6.07, 6.45) is 3.44. The average molecular weight is 393 g/mol. The molecule has 0 spiro atoms. The van der Waals surface area contributed by atoms with Gasteiger partial charge in [0.2, 0.25) is 0 Å². The van der Waals surface area contributed by atoms with Crippen molar-refractivity contribution in [2.75, 3.05) is 25.4 Å². The van der Waals surface area contributed by atoms with E-state index in [4.69, 9.17) is 0 Å². The second-order valence-electron chi connectivity index (χ2n) is 7.33. The summed E-state index contributed by atoms with van der Waals surface area (Å²) in [5.74, 6) is 0. The number of rotatable bonds is 9. The summed E-state index contributed by atoms with van der Waals surface area (Å²) >= 11 is 0. The number of pyridine rings is 1. The molecule has 3 N–H and O–H groups in total. The molecule has 0 saturated carbocycles. The zero-order valence-electron chi connectivity index (χ0n) is 16.2. The van der Waals surface area contributed by atoms with Gasteiger partial charge in [-0.3, -0.25) is 9.71 Å². The molecule has 2 aromatic rings. The molecule has 0 aliphatic rings. The lowest BCUT2D eigenvalue weighted by atomic mass is 9.94. The van der Waals surface area contributed by atoms with Gasteiger partial charge >= 0.3 is 10.2 Å². The van der Waals surface area contributed by atoms with Crippen molar-refractivity contribution >= 4 is 15.9 Å². The van der Waals surface area contributed by atoms with Crippen LogP contribution in [0.15, 0.2) is 48.8 Å². The van der Waals surface area contributed by atoms with Crippen molar-refractivity contribution in [3.05, 3.63) is 59.9 Å². The molecule has 2 rings (SSSR count). The lowest BCUT2D eigenvalue weighted by Crippen LogP contribution is -2.43. The number of aliphatic hydroxyl groups is 1. The number of anilines is 1. The van der Waals surface area contributed by atoms with Crippen LogP contribution in [0.25, 0.3) is 0 Å². The Morgan fingerprint density at radius 2 is 1.85 bits per heavy atom. The van der Waals surface area contributed by atoms with Gasteiger partial charge < -0.3 is 10.4 Å². The molecule has 1 aromatic carbocycles. The smallest absolute Gasteiger partial charge is 0.301 e. The zero-order valence-corrected chi connectivity index (χ0v) is 17.0. The molecule has 0 amide bonds. The number of aromatic nitrogens is 1. The van der Waals surface area contributed by atoms with E-state index in [2.05, 4.69) is 28.9 Å². The standard InChI is InChI=1S/C19H28N4O3S/c1-19(2,21-14-18(24)16-6-5-11-20-13-16)12-15-7-9-17(10-8-15)22-27(25,26)23(3)4/h5-11,13,18,21-22,24H,12,14H2,1-4H3/t18-/m0/s1. The first kappa shape index (κ1) is 21.3. The molecule has 1 aromatic heterocycles. The highest BCUT2D eigenvalue weighted by molar-refractivity contribution is 7.90. The van der Waals surface area contributed by atoms with Gasteiger partial charge in [-0.1, -0.05) is 18.2 Å². The molecule has 0 aliphatic carbocycles. The number of hydrogen-bond donors (Lipinski definition) is 3. The van der Waals surface area contributed by atoms with Gasteiger partial charge in [0.15, 0.2) is 0 Å². The second-order valence-corrected chi connectivity index (χ2v) is 9.21. The summed E-state index contributed by atoms with van der Waals surface area (Å²) in [6.45, 7) is 4.54. The third-order valence-electron chi connectivity index (χ3n) is 4.17. The quantitative estimate of drug-likeness (QED) is 0.606. The van der Waals surface area contributed by atoms with Gasteiger partial charge in [0.05, 0.1) is 6.10 Å². The van der Waals surface area contributed by atoms with E-state index in [1.54, 1.807) is 30.6 Å². The zero-order chi connectivity index (χ0) is 20.1.